The quantitative estimate of drug-likeness (QED) is 0.687. The minimum Gasteiger partial charge on any atom is -0.491 e. The van der Waals surface area contributed by atoms with Crippen molar-refractivity contribution in [1.82, 2.24) is 14.5 Å². The van der Waals surface area contributed by atoms with Gasteiger partial charge in [0.15, 0.2) is 0 Å². The van der Waals surface area contributed by atoms with E-state index in [1.54, 1.807) is 23.2 Å². The number of benzene rings is 2. The topological polar surface area (TPSA) is 68.4 Å². The number of aromatic nitrogens is 2. The molecule has 0 saturated carbocycles. The summed E-state index contributed by atoms with van der Waals surface area (Å²) in [6.45, 7) is 7.34. The van der Waals surface area contributed by atoms with Gasteiger partial charge in [0.2, 0.25) is 0 Å². The molecule has 3 aromatic rings. The lowest BCUT2D eigenvalue weighted by atomic mass is 10.1. The van der Waals surface area contributed by atoms with Crippen LogP contribution in [-0.2, 0) is 20.6 Å². The summed E-state index contributed by atoms with van der Waals surface area (Å²) in [6.07, 6.45) is -0.776. The molecule has 0 bridgehead atoms. The summed E-state index contributed by atoms with van der Waals surface area (Å²) in [6, 6.07) is 13.4. The minimum absolute atomic E-state index is 0.0721. The van der Waals surface area contributed by atoms with Gasteiger partial charge >= 0.3 is 5.69 Å². The smallest absolute Gasteiger partial charge is 0.328 e. The zero-order valence-corrected chi connectivity index (χ0v) is 17.2. The SMILES string of the molecule is Cn1c(=O)n(C)c2cc(C(O)COc3ccc(CNC(C)(C)C)cc3)ccc21. The van der Waals surface area contributed by atoms with Gasteiger partial charge in [0, 0.05) is 26.2 Å². The normalized spacial score (nSPS) is 13.1. The summed E-state index contributed by atoms with van der Waals surface area (Å²) in [4.78, 5) is 12.0. The highest BCUT2D eigenvalue weighted by atomic mass is 16.5. The monoisotopic (exact) mass is 383 g/mol. The van der Waals surface area contributed by atoms with Crippen molar-refractivity contribution < 1.29 is 9.84 Å². The molecule has 6 heteroatoms. The molecule has 0 aliphatic carbocycles. The lowest BCUT2D eigenvalue weighted by Gasteiger charge is -2.20. The highest BCUT2D eigenvalue weighted by Crippen LogP contribution is 2.21. The number of aryl methyl sites for hydroxylation is 2. The standard InChI is InChI=1S/C22H29N3O3/c1-22(2,3)23-13-15-6-9-17(10-7-15)28-14-20(26)16-8-11-18-19(12-16)25(5)21(27)24(18)4/h6-12,20,23,26H,13-14H2,1-5H3. The molecule has 150 valence electrons. The fourth-order valence-electron chi connectivity index (χ4n) is 3.07. The molecular weight excluding hydrogens is 354 g/mol. The van der Waals surface area contributed by atoms with Crippen molar-refractivity contribution in [2.75, 3.05) is 6.61 Å². The Bertz CT molecular complexity index is 1010. The summed E-state index contributed by atoms with van der Waals surface area (Å²) in [5.74, 6) is 0.715. The Hall–Kier alpha value is -2.57. The molecule has 3 rings (SSSR count). The van der Waals surface area contributed by atoms with E-state index >= 15 is 0 Å². The maximum absolute atomic E-state index is 12.0. The maximum atomic E-state index is 12.0. The van der Waals surface area contributed by atoms with Crippen molar-refractivity contribution in [3.05, 3.63) is 64.1 Å². The Kier molecular flexibility index (Phi) is 5.63. The second-order valence-electron chi connectivity index (χ2n) is 8.22. The zero-order chi connectivity index (χ0) is 20.5. The molecule has 0 spiro atoms. The molecule has 1 heterocycles. The zero-order valence-electron chi connectivity index (χ0n) is 17.2. The fourth-order valence-corrected chi connectivity index (χ4v) is 3.07. The predicted molar refractivity (Wildman–Crippen MR) is 112 cm³/mol. The third-order valence-electron chi connectivity index (χ3n) is 4.83. The molecule has 6 nitrogen and oxygen atoms in total. The van der Waals surface area contributed by atoms with E-state index < -0.39 is 6.10 Å². The van der Waals surface area contributed by atoms with Crippen LogP contribution in [0.4, 0.5) is 0 Å². The molecule has 0 amide bonds. The summed E-state index contributed by atoms with van der Waals surface area (Å²) in [5, 5.41) is 14.0. The Balaban J connectivity index is 1.64. The lowest BCUT2D eigenvalue weighted by molar-refractivity contribution is 0.108. The molecule has 0 saturated heterocycles. The van der Waals surface area contributed by atoms with Crippen LogP contribution in [0.5, 0.6) is 5.75 Å². The summed E-state index contributed by atoms with van der Waals surface area (Å²) in [7, 11) is 3.47. The van der Waals surface area contributed by atoms with E-state index in [0.29, 0.717) is 5.75 Å². The molecule has 0 aliphatic rings. The molecule has 28 heavy (non-hydrogen) atoms. The van der Waals surface area contributed by atoms with Crippen LogP contribution in [0.25, 0.3) is 11.0 Å². The Morgan fingerprint density at radius 2 is 1.68 bits per heavy atom. The minimum atomic E-state index is -0.776. The van der Waals surface area contributed by atoms with Crippen LogP contribution in [-0.4, -0.2) is 26.4 Å². The van der Waals surface area contributed by atoms with Gasteiger partial charge in [-0.1, -0.05) is 18.2 Å². The first-order valence-electron chi connectivity index (χ1n) is 9.46. The van der Waals surface area contributed by atoms with Gasteiger partial charge in [-0.05, 0) is 56.2 Å². The highest BCUT2D eigenvalue weighted by molar-refractivity contribution is 5.76. The predicted octanol–water partition coefficient (Wildman–Crippen LogP) is 2.88. The third kappa shape index (κ3) is 4.46. The number of fused-ring (bicyclic) bond motifs is 1. The van der Waals surface area contributed by atoms with Gasteiger partial charge in [-0.3, -0.25) is 9.13 Å². The number of hydrogen-bond donors (Lipinski definition) is 2. The molecule has 0 radical (unpaired) electrons. The maximum Gasteiger partial charge on any atom is 0.328 e. The van der Waals surface area contributed by atoms with E-state index in [1.807, 2.05) is 42.5 Å². The highest BCUT2D eigenvalue weighted by Gasteiger charge is 2.13. The van der Waals surface area contributed by atoms with Gasteiger partial charge in [-0.25, -0.2) is 4.79 Å². The average molecular weight is 383 g/mol. The number of aliphatic hydroxyl groups excluding tert-OH is 1. The van der Waals surface area contributed by atoms with Crippen LogP contribution in [0.1, 0.15) is 38.0 Å². The molecule has 1 unspecified atom stereocenters. The molecule has 1 aromatic heterocycles. The first-order valence-corrected chi connectivity index (χ1v) is 9.46. The first-order chi connectivity index (χ1) is 13.2. The molecule has 0 fully saturated rings. The molecule has 2 N–H and O–H groups in total. The lowest BCUT2D eigenvalue weighted by Crippen LogP contribution is -2.35. The Morgan fingerprint density at radius 1 is 1.04 bits per heavy atom. The van der Waals surface area contributed by atoms with Gasteiger partial charge in [0.25, 0.3) is 0 Å². The number of nitrogens with one attached hydrogen (secondary N) is 1. The largest absolute Gasteiger partial charge is 0.491 e. The van der Waals surface area contributed by atoms with Crippen LogP contribution in [0.15, 0.2) is 47.3 Å². The second-order valence-corrected chi connectivity index (χ2v) is 8.22. The van der Waals surface area contributed by atoms with E-state index in [4.69, 9.17) is 4.74 Å². The van der Waals surface area contributed by atoms with Gasteiger partial charge in [0.05, 0.1) is 11.0 Å². The summed E-state index contributed by atoms with van der Waals surface area (Å²) in [5.41, 5.74) is 3.52. The van der Waals surface area contributed by atoms with Gasteiger partial charge < -0.3 is 15.2 Å². The average Bonchev–Trinajstić information content (AvgIpc) is 2.88. The van der Waals surface area contributed by atoms with E-state index in [1.165, 1.54) is 5.56 Å². The second kappa shape index (κ2) is 7.81. The third-order valence-corrected chi connectivity index (χ3v) is 4.83. The van der Waals surface area contributed by atoms with Gasteiger partial charge in [-0.2, -0.15) is 0 Å². The summed E-state index contributed by atoms with van der Waals surface area (Å²) < 4.78 is 8.93. The molecule has 2 aromatic carbocycles. The van der Waals surface area contributed by atoms with Gasteiger partial charge in [0.1, 0.15) is 18.5 Å². The van der Waals surface area contributed by atoms with E-state index in [-0.39, 0.29) is 17.8 Å². The van der Waals surface area contributed by atoms with E-state index in [9.17, 15) is 9.90 Å². The van der Waals surface area contributed by atoms with Crippen molar-refractivity contribution in [2.24, 2.45) is 14.1 Å². The number of imidazole rings is 1. The molecular formula is C22H29N3O3. The number of rotatable bonds is 6. The van der Waals surface area contributed by atoms with Crippen LogP contribution < -0.4 is 15.7 Å². The van der Waals surface area contributed by atoms with Gasteiger partial charge in [-0.15, -0.1) is 0 Å². The number of aliphatic hydroxyl groups is 1. The summed E-state index contributed by atoms with van der Waals surface area (Å²) >= 11 is 0. The molecule has 1 atom stereocenters. The van der Waals surface area contributed by atoms with Crippen LogP contribution >= 0.6 is 0 Å². The van der Waals surface area contributed by atoms with Crippen LogP contribution in [0.3, 0.4) is 0 Å². The number of nitrogens with zero attached hydrogens (tertiary/aromatic N) is 2. The Labute approximate surface area is 165 Å². The van der Waals surface area contributed by atoms with Crippen LogP contribution in [0, 0.1) is 0 Å². The number of ether oxygens (including phenoxy) is 1. The molecule has 0 aliphatic heterocycles. The van der Waals surface area contributed by atoms with Crippen molar-refractivity contribution in [2.45, 2.75) is 39.0 Å². The Morgan fingerprint density at radius 3 is 2.32 bits per heavy atom. The van der Waals surface area contributed by atoms with E-state index in [2.05, 4.69) is 26.1 Å². The van der Waals surface area contributed by atoms with Crippen molar-refractivity contribution >= 4 is 11.0 Å². The fraction of sp³-hybridized carbons (Fsp3) is 0.409. The van der Waals surface area contributed by atoms with E-state index in [0.717, 1.165) is 23.1 Å². The van der Waals surface area contributed by atoms with Crippen molar-refractivity contribution in [3.63, 3.8) is 0 Å². The van der Waals surface area contributed by atoms with Crippen LogP contribution in [0.2, 0.25) is 0 Å². The van der Waals surface area contributed by atoms with Crippen molar-refractivity contribution in [1.29, 1.82) is 0 Å². The first kappa shape index (κ1) is 20.2. The number of hydrogen-bond acceptors (Lipinski definition) is 4. The van der Waals surface area contributed by atoms with Crippen molar-refractivity contribution in [3.8, 4) is 5.75 Å².